The molecule has 0 saturated carbocycles. The van der Waals surface area contributed by atoms with E-state index in [0.717, 1.165) is 5.75 Å². The van der Waals surface area contributed by atoms with Gasteiger partial charge in [-0.15, -0.1) is 0 Å². The first-order valence-electron chi connectivity index (χ1n) is 4.64. The first kappa shape index (κ1) is 11.2. The molecule has 0 atom stereocenters. The molecule has 0 amide bonds. The molecule has 0 unspecified atom stereocenters. The summed E-state index contributed by atoms with van der Waals surface area (Å²) < 4.78 is 6.81. The van der Waals surface area contributed by atoms with E-state index in [0.29, 0.717) is 11.6 Å². The number of hydrogen-bond acceptors (Lipinski definition) is 4. The summed E-state index contributed by atoms with van der Waals surface area (Å²) in [6, 6.07) is 11.3. The van der Waals surface area contributed by atoms with Gasteiger partial charge in [0, 0.05) is 15.8 Å². The van der Waals surface area contributed by atoms with E-state index in [9.17, 15) is 0 Å². The van der Waals surface area contributed by atoms with Crippen molar-refractivity contribution >= 4 is 28.4 Å². The van der Waals surface area contributed by atoms with Crippen LogP contribution in [0.15, 0.2) is 42.6 Å². The van der Waals surface area contributed by atoms with Crippen LogP contribution in [0.2, 0.25) is 0 Å². The Morgan fingerprint density at radius 1 is 1.12 bits per heavy atom. The first-order valence-corrected chi connectivity index (χ1v) is 5.72. The lowest BCUT2D eigenvalue weighted by Gasteiger charge is -2.06. The van der Waals surface area contributed by atoms with Crippen molar-refractivity contribution in [1.82, 2.24) is 4.98 Å². The second kappa shape index (κ2) is 5.13. The van der Waals surface area contributed by atoms with Crippen LogP contribution in [0, 0.1) is 3.57 Å². The molecular weight excluding hydrogens is 317 g/mol. The van der Waals surface area contributed by atoms with E-state index in [1.54, 1.807) is 18.3 Å². The number of hydrogen-bond donors (Lipinski definition) is 2. The van der Waals surface area contributed by atoms with Gasteiger partial charge < -0.3 is 10.2 Å². The van der Waals surface area contributed by atoms with E-state index < -0.39 is 0 Å². The molecule has 0 bridgehead atoms. The summed E-state index contributed by atoms with van der Waals surface area (Å²) in [5.41, 5.74) is 2.47. The zero-order valence-corrected chi connectivity index (χ0v) is 10.5. The lowest BCUT2D eigenvalue weighted by Crippen LogP contribution is -2.08. The largest absolute Gasteiger partial charge is 0.457 e. The third-order valence-corrected chi connectivity index (χ3v) is 2.65. The Hall–Kier alpha value is -1.34. The molecule has 0 aliphatic carbocycles. The van der Waals surface area contributed by atoms with Crippen LogP contribution in [0.4, 0.5) is 5.82 Å². The highest BCUT2D eigenvalue weighted by atomic mass is 127. The van der Waals surface area contributed by atoms with Crippen LogP contribution in [0.1, 0.15) is 0 Å². The molecule has 1 aromatic carbocycles. The SMILES string of the molecule is NNc1cc(Oc2ccc(I)cc2)ccn1. The molecule has 1 heterocycles. The number of aromatic nitrogens is 1. The molecule has 0 saturated heterocycles. The van der Waals surface area contributed by atoms with Gasteiger partial charge in [-0.1, -0.05) is 0 Å². The van der Waals surface area contributed by atoms with Gasteiger partial charge in [0.25, 0.3) is 0 Å². The molecule has 0 radical (unpaired) electrons. The number of nitrogens with one attached hydrogen (secondary N) is 1. The third-order valence-electron chi connectivity index (χ3n) is 1.93. The number of pyridine rings is 1. The minimum Gasteiger partial charge on any atom is -0.457 e. The maximum absolute atomic E-state index is 5.64. The number of nitrogens with zero attached hydrogens (tertiary/aromatic N) is 1. The van der Waals surface area contributed by atoms with Crippen molar-refractivity contribution in [2.24, 2.45) is 5.84 Å². The van der Waals surface area contributed by atoms with Crippen LogP contribution in [-0.4, -0.2) is 4.98 Å². The van der Waals surface area contributed by atoms with Gasteiger partial charge in [0.15, 0.2) is 0 Å². The van der Waals surface area contributed by atoms with Crippen LogP contribution in [0.3, 0.4) is 0 Å². The smallest absolute Gasteiger partial charge is 0.143 e. The van der Waals surface area contributed by atoms with Crippen LogP contribution in [0.5, 0.6) is 11.5 Å². The summed E-state index contributed by atoms with van der Waals surface area (Å²) in [6.45, 7) is 0. The highest BCUT2D eigenvalue weighted by Gasteiger charge is 1.98. The Labute approximate surface area is 107 Å². The normalized spacial score (nSPS) is 9.88. The zero-order chi connectivity index (χ0) is 11.4. The van der Waals surface area contributed by atoms with Crippen molar-refractivity contribution in [3.63, 3.8) is 0 Å². The molecule has 0 fully saturated rings. The Morgan fingerprint density at radius 2 is 1.88 bits per heavy atom. The molecule has 0 aliphatic rings. The average Bonchev–Trinajstić information content (AvgIpc) is 2.32. The summed E-state index contributed by atoms with van der Waals surface area (Å²) in [7, 11) is 0. The maximum atomic E-state index is 5.64. The monoisotopic (exact) mass is 327 g/mol. The fourth-order valence-corrected chi connectivity index (χ4v) is 1.55. The predicted octanol–water partition coefficient (Wildman–Crippen LogP) is 2.76. The van der Waals surface area contributed by atoms with Crippen molar-refractivity contribution in [3.05, 3.63) is 46.2 Å². The number of rotatable bonds is 3. The number of benzene rings is 1. The van der Waals surface area contributed by atoms with Gasteiger partial charge in [-0.25, -0.2) is 10.8 Å². The van der Waals surface area contributed by atoms with Crippen molar-refractivity contribution in [1.29, 1.82) is 0 Å². The van der Waals surface area contributed by atoms with E-state index in [2.05, 4.69) is 33.0 Å². The molecule has 82 valence electrons. The van der Waals surface area contributed by atoms with E-state index in [1.807, 2.05) is 24.3 Å². The molecule has 3 N–H and O–H groups in total. The molecule has 2 rings (SSSR count). The Bertz CT molecular complexity index is 473. The van der Waals surface area contributed by atoms with Crippen LogP contribution >= 0.6 is 22.6 Å². The van der Waals surface area contributed by atoms with Gasteiger partial charge in [-0.2, -0.15) is 0 Å². The second-order valence-corrected chi connectivity index (χ2v) is 4.32. The first-order chi connectivity index (χ1) is 7.78. The molecule has 5 heteroatoms. The van der Waals surface area contributed by atoms with Crippen molar-refractivity contribution in [2.75, 3.05) is 5.43 Å². The summed E-state index contributed by atoms with van der Waals surface area (Å²) >= 11 is 2.25. The van der Waals surface area contributed by atoms with E-state index in [-0.39, 0.29) is 0 Å². The Balaban J connectivity index is 2.16. The van der Waals surface area contributed by atoms with E-state index >= 15 is 0 Å². The van der Waals surface area contributed by atoms with Crippen molar-refractivity contribution < 1.29 is 4.74 Å². The topological polar surface area (TPSA) is 60.2 Å². The Kier molecular flexibility index (Phi) is 3.58. The van der Waals surface area contributed by atoms with Gasteiger partial charge in [0.2, 0.25) is 0 Å². The van der Waals surface area contributed by atoms with Crippen LogP contribution in [-0.2, 0) is 0 Å². The Morgan fingerprint density at radius 3 is 2.56 bits per heavy atom. The summed E-state index contributed by atoms with van der Waals surface area (Å²) in [6.07, 6.45) is 1.64. The number of nitrogen functional groups attached to an aromatic ring is 1. The number of anilines is 1. The molecule has 0 spiro atoms. The lowest BCUT2D eigenvalue weighted by atomic mass is 10.3. The average molecular weight is 327 g/mol. The maximum Gasteiger partial charge on any atom is 0.143 e. The van der Waals surface area contributed by atoms with E-state index in [1.165, 1.54) is 3.57 Å². The van der Waals surface area contributed by atoms with E-state index in [4.69, 9.17) is 10.6 Å². The summed E-state index contributed by atoms with van der Waals surface area (Å²) in [5.74, 6) is 7.32. The van der Waals surface area contributed by atoms with Crippen LogP contribution in [0.25, 0.3) is 0 Å². The minimum absolute atomic E-state index is 0.572. The molecule has 1 aromatic heterocycles. The quantitative estimate of drug-likeness (QED) is 0.517. The molecular formula is C11H10IN3O. The van der Waals surface area contributed by atoms with Gasteiger partial charge in [-0.05, 0) is 52.9 Å². The van der Waals surface area contributed by atoms with Crippen molar-refractivity contribution in [3.8, 4) is 11.5 Å². The second-order valence-electron chi connectivity index (χ2n) is 3.08. The number of nitrogens with two attached hydrogens (primary N) is 1. The number of hydrazine groups is 1. The zero-order valence-electron chi connectivity index (χ0n) is 8.35. The predicted molar refractivity (Wildman–Crippen MR) is 71.3 cm³/mol. The van der Waals surface area contributed by atoms with Crippen LogP contribution < -0.4 is 16.0 Å². The van der Waals surface area contributed by atoms with Gasteiger partial charge in [0.05, 0.1) is 0 Å². The summed E-state index contributed by atoms with van der Waals surface area (Å²) in [4.78, 5) is 4.00. The molecule has 4 nitrogen and oxygen atoms in total. The van der Waals surface area contributed by atoms with Gasteiger partial charge in [0.1, 0.15) is 17.3 Å². The summed E-state index contributed by atoms with van der Waals surface area (Å²) in [5, 5.41) is 0. The highest BCUT2D eigenvalue weighted by Crippen LogP contribution is 2.23. The van der Waals surface area contributed by atoms with Crippen molar-refractivity contribution in [2.45, 2.75) is 0 Å². The standard InChI is InChI=1S/C11H10IN3O/c12-8-1-3-9(4-2-8)16-10-5-6-14-11(7-10)15-13/h1-7H,13H2,(H,14,15). The number of halogens is 1. The van der Waals surface area contributed by atoms with Gasteiger partial charge in [-0.3, -0.25) is 0 Å². The molecule has 0 aliphatic heterocycles. The fourth-order valence-electron chi connectivity index (χ4n) is 1.19. The molecule has 2 aromatic rings. The van der Waals surface area contributed by atoms with Gasteiger partial charge >= 0.3 is 0 Å². The number of ether oxygens (including phenoxy) is 1. The lowest BCUT2D eigenvalue weighted by molar-refractivity contribution is 0.482. The third kappa shape index (κ3) is 2.83. The minimum atomic E-state index is 0.572. The molecule has 16 heavy (non-hydrogen) atoms. The highest BCUT2D eigenvalue weighted by molar-refractivity contribution is 14.1. The fraction of sp³-hybridized carbons (Fsp3) is 0.